The third kappa shape index (κ3) is 10.2. The Hall–Kier alpha value is -12.6. The van der Waals surface area contributed by atoms with E-state index in [1.165, 1.54) is 102 Å². The van der Waals surface area contributed by atoms with Gasteiger partial charge in [0, 0.05) is 44.9 Å². The van der Waals surface area contributed by atoms with Gasteiger partial charge in [-0.05, 0) is 158 Å². The van der Waals surface area contributed by atoms with Crippen molar-refractivity contribution in [2.24, 2.45) is 0 Å². The van der Waals surface area contributed by atoms with Crippen molar-refractivity contribution in [1.82, 2.24) is 4.57 Å². The van der Waals surface area contributed by atoms with E-state index in [4.69, 9.17) is 0 Å². The molecule has 0 saturated heterocycles. The maximum atomic E-state index is 2.66. The van der Waals surface area contributed by atoms with Crippen molar-refractivity contribution in [3.05, 3.63) is 424 Å². The molecule has 0 aliphatic carbocycles. The summed E-state index contributed by atoms with van der Waals surface area (Å²) in [5.74, 6) is 0. The van der Waals surface area contributed by atoms with Crippen molar-refractivity contribution >= 4 is 137 Å². The minimum Gasteiger partial charge on any atom is -0.311 e. The van der Waals surface area contributed by atoms with Crippen LogP contribution in [0.2, 0.25) is 0 Å². The first-order valence-corrected chi connectivity index (χ1v) is 39.9. The molecule has 0 N–H and O–H groups in total. The molecule has 0 atom stereocenters. The van der Waals surface area contributed by atoms with Crippen LogP contribution in [0, 0.1) is 0 Å². The van der Waals surface area contributed by atoms with Crippen molar-refractivity contribution in [3.8, 4) is 27.9 Å². The summed E-state index contributed by atoms with van der Waals surface area (Å²) in [6.07, 6.45) is 0.715. The molecule has 17 aromatic rings. The Morgan fingerprint density at radius 3 is 1.02 bits per heavy atom. The number of hydrogen-bond acceptors (Lipinski definition) is 2. The van der Waals surface area contributed by atoms with Gasteiger partial charge in [-0.1, -0.05) is 352 Å². The molecule has 0 radical (unpaired) electrons. The Labute approximate surface area is 604 Å². The molecule has 103 heavy (non-hydrogen) atoms. The molecule has 0 unspecified atom stereocenters. The largest absolute Gasteiger partial charge is 0.311 e. The van der Waals surface area contributed by atoms with Gasteiger partial charge >= 0.3 is 0 Å². The van der Waals surface area contributed by atoms with Crippen LogP contribution in [0.25, 0.3) is 49.7 Å². The molecule has 19 rings (SSSR count). The second kappa shape index (κ2) is 25.9. The van der Waals surface area contributed by atoms with Crippen LogP contribution < -0.4 is 67.7 Å². The molecule has 1 aromatic heterocycles. The number of aromatic nitrogens is 1. The van der Waals surface area contributed by atoms with Crippen LogP contribution in [0.3, 0.4) is 0 Å². The summed E-state index contributed by atoms with van der Waals surface area (Å²) < 4.78 is 2.53. The first-order chi connectivity index (χ1) is 51.1. The molecule has 0 bridgehead atoms. The molecule has 0 amide bonds. The minimum atomic E-state index is -3.07. The van der Waals surface area contributed by atoms with Gasteiger partial charge in [-0.25, -0.2) is 0 Å². The van der Waals surface area contributed by atoms with Gasteiger partial charge in [0.2, 0.25) is 0 Å². The van der Waals surface area contributed by atoms with Gasteiger partial charge in [-0.3, -0.25) is 0 Å². The molecular formula is C97H70BN3Si2. The summed E-state index contributed by atoms with van der Waals surface area (Å²) in [5.41, 5.74) is 21.4. The van der Waals surface area contributed by atoms with E-state index in [2.05, 4.69) is 427 Å². The fourth-order valence-corrected chi connectivity index (χ4v) is 27.2. The van der Waals surface area contributed by atoms with Gasteiger partial charge in [-0.15, -0.1) is 0 Å². The van der Waals surface area contributed by atoms with Crippen LogP contribution in [0.1, 0.15) is 11.1 Å². The molecule has 0 spiro atoms. The molecule has 6 heteroatoms. The smallest absolute Gasteiger partial charge is 0.252 e. The normalized spacial score (nSPS) is 12.4. The molecule has 3 nitrogen and oxygen atoms in total. The highest BCUT2D eigenvalue weighted by Crippen LogP contribution is 2.47. The first kappa shape index (κ1) is 61.5. The molecule has 0 saturated carbocycles. The zero-order valence-electron chi connectivity index (χ0n) is 56.9. The first-order valence-electron chi connectivity index (χ1n) is 35.9. The fraction of sp³-hybridized carbons (Fsp3) is 0.0103. The lowest BCUT2D eigenvalue weighted by Gasteiger charge is -2.45. The zero-order valence-corrected chi connectivity index (χ0v) is 58.9. The Kier molecular flexibility index (Phi) is 15.4. The van der Waals surface area contributed by atoms with Crippen LogP contribution in [0.5, 0.6) is 0 Å². The number of benzene rings is 16. The van der Waals surface area contributed by atoms with Crippen molar-refractivity contribution in [3.63, 3.8) is 0 Å². The zero-order chi connectivity index (χ0) is 68.3. The summed E-state index contributed by atoms with van der Waals surface area (Å²) in [5, 5.41) is 13.0. The van der Waals surface area contributed by atoms with Crippen LogP contribution >= 0.6 is 0 Å². The molecular weight excluding hydrogens is 1270 g/mol. The summed E-state index contributed by atoms with van der Waals surface area (Å²) in [6, 6.07) is 156. The number of anilines is 6. The van der Waals surface area contributed by atoms with Crippen LogP contribution in [0.4, 0.5) is 34.1 Å². The average Bonchev–Trinajstić information content (AvgIpc) is 1.27. The monoisotopic (exact) mass is 1340 g/mol. The molecule has 16 aromatic carbocycles. The third-order valence-corrected chi connectivity index (χ3v) is 31.5. The Morgan fingerprint density at radius 1 is 0.243 bits per heavy atom. The Balaban J connectivity index is 0.917. The molecule has 3 heterocycles. The van der Waals surface area contributed by atoms with Gasteiger partial charge in [0.1, 0.15) is 0 Å². The van der Waals surface area contributed by atoms with Gasteiger partial charge in [0.15, 0.2) is 16.1 Å². The summed E-state index contributed by atoms with van der Waals surface area (Å²) in [7, 11) is -6.10. The van der Waals surface area contributed by atoms with E-state index >= 15 is 0 Å². The Bertz CT molecular complexity index is 5660. The topological polar surface area (TPSA) is 11.4 Å². The minimum absolute atomic E-state index is 0.182. The number of fused-ring (bicyclic) bond motifs is 7. The van der Waals surface area contributed by atoms with Crippen LogP contribution in [0.15, 0.2) is 413 Å². The number of hydrogen-bond donors (Lipinski definition) is 0. The summed E-state index contributed by atoms with van der Waals surface area (Å²) in [6.45, 7) is -0.182. The van der Waals surface area contributed by atoms with E-state index in [9.17, 15) is 0 Å². The molecule has 0 fully saturated rings. The maximum Gasteiger partial charge on any atom is 0.252 e. The van der Waals surface area contributed by atoms with E-state index in [-0.39, 0.29) is 6.71 Å². The third-order valence-electron chi connectivity index (χ3n) is 21.9. The quantitative estimate of drug-likeness (QED) is 0.0749. The van der Waals surface area contributed by atoms with E-state index in [1.54, 1.807) is 0 Å². The predicted molar refractivity (Wildman–Crippen MR) is 442 cm³/mol. The van der Waals surface area contributed by atoms with E-state index in [1.807, 2.05) is 0 Å². The second-order valence-electron chi connectivity index (χ2n) is 27.4. The standard InChI is InChI=1S/C97H70BN3Si2/c1-9-34-71(35-10-1)84-56-33-57-85(72-36-11-2-12-37-72)88(84)64-70-62-63-94-90(65-70)98-89-58-27-30-61-93(89)99(73-38-31-52-82(66-73)102(76-40-13-3-14-41-76,77-42-15-4-16-43-77)78-44-17-5-18-45-78)95-68-75(101-91-59-28-25-54-86(91)87-55-26-29-60-92(87)101)69-96(97(95)98)100(94)74-39-32-53-83(67-74)103(79-46-19-6-20-47-79,80-48-21-7-22-49-80)81-50-23-8-24-51-81/h1-63,65-69H,64H2. The van der Waals surface area contributed by atoms with Crippen molar-refractivity contribution in [2.45, 2.75) is 6.42 Å². The van der Waals surface area contributed by atoms with Crippen molar-refractivity contribution in [2.75, 3.05) is 9.80 Å². The number of nitrogens with zero attached hydrogens (tertiary/aromatic N) is 3. The van der Waals surface area contributed by atoms with Crippen molar-refractivity contribution in [1.29, 1.82) is 0 Å². The van der Waals surface area contributed by atoms with E-state index in [0.717, 1.165) is 50.8 Å². The van der Waals surface area contributed by atoms with Gasteiger partial charge in [-0.2, -0.15) is 0 Å². The van der Waals surface area contributed by atoms with Gasteiger partial charge < -0.3 is 14.4 Å². The van der Waals surface area contributed by atoms with Gasteiger partial charge in [0.25, 0.3) is 6.71 Å². The fourth-order valence-electron chi connectivity index (χ4n) is 17.6. The maximum absolute atomic E-state index is 3.07. The summed E-state index contributed by atoms with van der Waals surface area (Å²) in [4.78, 5) is 5.29. The highest BCUT2D eigenvalue weighted by Gasteiger charge is 2.47. The SMILES string of the molecule is c1ccc(-c2cccc(-c3ccccc3)c2Cc2ccc3c(c2)B2c4ccccc4N(c4cccc([Si](c5ccccc5)(c5ccccc5)c5ccccc5)c4)c4cc(-n5c6ccccc6c6ccccc65)cc(c42)N3c2cccc([Si](c3ccccc3)(c3ccccc3)c3ccccc3)c2)cc1. The van der Waals surface area contributed by atoms with E-state index in [0.29, 0.717) is 6.42 Å². The van der Waals surface area contributed by atoms with Crippen LogP contribution in [-0.4, -0.2) is 27.4 Å². The highest BCUT2D eigenvalue weighted by molar-refractivity contribution is 7.20. The van der Waals surface area contributed by atoms with Gasteiger partial charge in [0.05, 0.1) is 16.7 Å². The second-order valence-corrected chi connectivity index (χ2v) is 35.0. The van der Waals surface area contributed by atoms with Crippen LogP contribution in [-0.2, 0) is 6.42 Å². The van der Waals surface area contributed by atoms with E-state index < -0.39 is 16.1 Å². The lowest BCUT2D eigenvalue weighted by atomic mass is 9.33. The Morgan fingerprint density at radius 2 is 0.592 bits per heavy atom. The molecule has 484 valence electrons. The predicted octanol–water partition coefficient (Wildman–Crippen LogP) is 16.5. The lowest BCUT2D eigenvalue weighted by Crippen LogP contribution is -2.74. The number of para-hydroxylation sites is 3. The van der Waals surface area contributed by atoms with Crippen molar-refractivity contribution < 1.29 is 0 Å². The number of rotatable bonds is 15. The lowest BCUT2D eigenvalue weighted by molar-refractivity contribution is 1.16. The highest BCUT2D eigenvalue weighted by atomic mass is 28.3. The summed E-state index contributed by atoms with van der Waals surface area (Å²) >= 11 is 0. The molecule has 2 aliphatic heterocycles. The average molecular weight is 1340 g/mol. The molecule has 2 aliphatic rings.